The van der Waals surface area contributed by atoms with Gasteiger partial charge >= 0.3 is 0 Å². The first-order valence-corrected chi connectivity index (χ1v) is 10.4. The molecule has 4 rings (SSSR count). The van der Waals surface area contributed by atoms with E-state index in [1.54, 1.807) is 0 Å². The van der Waals surface area contributed by atoms with E-state index < -0.39 is 0 Å². The highest BCUT2D eigenvalue weighted by molar-refractivity contribution is 5.76. The summed E-state index contributed by atoms with van der Waals surface area (Å²) in [5, 5.41) is 0. The molecule has 3 aromatic rings. The van der Waals surface area contributed by atoms with Crippen LogP contribution in [0, 0.1) is 13.8 Å². The van der Waals surface area contributed by atoms with Gasteiger partial charge in [-0.1, -0.05) is 49.6 Å². The van der Waals surface area contributed by atoms with Gasteiger partial charge in [0.25, 0.3) is 0 Å². The topological polar surface area (TPSA) is 27.1 Å². The Balaban J connectivity index is 1.49. The van der Waals surface area contributed by atoms with Gasteiger partial charge in [-0.2, -0.15) is 0 Å². The number of nitrogens with zero attached hydrogens (tertiary/aromatic N) is 2. The predicted molar refractivity (Wildman–Crippen MR) is 112 cm³/mol. The lowest BCUT2D eigenvalue weighted by Gasteiger charge is -2.22. The van der Waals surface area contributed by atoms with Crippen molar-refractivity contribution in [2.24, 2.45) is 0 Å². The van der Waals surface area contributed by atoms with E-state index in [9.17, 15) is 0 Å². The summed E-state index contributed by atoms with van der Waals surface area (Å²) in [6, 6.07) is 14.9. The molecule has 1 aliphatic carbocycles. The van der Waals surface area contributed by atoms with Crippen LogP contribution in [-0.4, -0.2) is 16.2 Å². The SMILES string of the molecule is Cc1cccc(C)c1OCCCn1c(C2CCCCC2)nc2ccccc21. The largest absolute Gasteiger partial charge is 0.493 e. The normalized spacial score (nSPS) is 15.3. The first kappa shape index (κ1) is 18.1. The van der Waals surface area contributed by atoms with Crippen molar-refractivity contribution in [3.05, 3.63) is 59.4 Å². The number of aromatic nitrogens is 2. The van der Waals surface area contributed by atoms with Crippen LogP contribution in [0.25, 0.3) is 11.0 Å². The van der Waals surface area contributed by atoms with Crippen molar-refractivity contribution < 1.29 is 4.74 Å². The average Bonchev–Trinajstić information content (AvgIpc) is 3.06. The van der Waals surface area contributed by atoms with Crippen molar-refractivity contribution in [2.75, 3.05) is 6.61 Å². The molecule has 1 saturated carbocycles. The van der Waals surface area contributed by atoms with Crippen LogP contribution in [0.4, 0.5) is 0 Å². The number of para-hydroxylation sites is 3. The Bertz CT molecular complexity index is 886. The lowest BCUT2D eigenvalue weighted by molar-refractivity contribution is 0.296. The van der Waals surface area contributed by atoms with Crippen molar-refractivity contribution in [1.82, 2.24) is 9.55 Å². The summed E-state index contributed by atoms with van der Waals surface area (Å²) in [6.07, 6.45) is 7.60. The molecule has 1 aliphatic rings. The Morgan fingerprint density at radius 2 is 1.70 bits per heavy atom. The molecule has 0 unspecified atom stereocenters. The molecule has 0 saturated heterocycles. The zero-order valence-electron chi connectivity index (χ0n) is 16.6. The van der Waals surface area contributed by atoms with E-state index in [1.807, 2.05) is 0 Å². The number of fused-ring (bicyclic) bond motifs is 1. The maximum absolute atomic E-state index is 6.13. The second-order valence-electron chi connectivity index (χ2n) is 7.87. The summed E-state index contributed by atoms with van der Waals surface area (Å²) in [5.74, 6) is 2.95. The molecule has 142 valence electrons. The van der Waals surface area contributed by atoms with Crippen LogP contribution in [0.15, 0.2) is 42.5 Å². The predicted octanol–water partition coefficient (Wildman–Crippen LogP) is 6.17. The van der Waals surface area contributed by atoms with Crippen LogP contribution in [0.2, 0.25) is 0 Å². The third kappa shape index (κ3) is 3.87. The number of benzene rings is 2. The first-order chi connectivity index (χ1) is 13.2. The second-order valence-corrected chi connectivity index (χ2v) is 7.87. The van der Waals surface area contributed by atoms with E-state index in [2.05, 4.69) is 60.9 Å². The van der Waals surface area contributed by atoms with Crippen molar-refractivity contribution in [2.45, 2.75) is 64.8 Å². The molecular weight excluding hydrogens is 332 g/mol. The van der Waals surface area contributed by atoms with Crippen LogP contribution in [0.5, 0.6) is 5.75 Å². The Labute approximate surface area is 162 Å². The maximum Gasteiger partial charge on any atom is 0.125 e. The van der Waals surface area contributed by atoms with Gasteiger partial charge in [-0.25, -0.2) is 4.98 Å². The molecule has 0 aliphatic heterocycles. The molecular formula is C24H30N2O. The first-order valence-electron chi connectivity index (χ1n) is 10.4. The fourth-order valence-corrected chi connectivity index (χ4v) is 4.43. The van der Waals surface area contributed by atoms with Crippen LogP contribution >= 0.6 is 0 Å². The van der Waals surface area contributed by atoms with Gasteiger partial charge in [0.1, 0.15) is 11.6 Å². The van der Waals surface area contributed by atoms with Crippen molar-refractivity contribution >= 4 is 11.0 Å². The van der Waals surface area contributed by atoms with Gasteiger partial charge in [-0.15, -0.1) is 0 Å². The Kier molecular flexibility index (Phi) is 5.47. The summed E-state index contributed by atoms with van der Waals surface area (Å²) in [5.41, 5.74) is 4.83. The molecule has 1 heterocycles. The number of rotatable bonds is 6. The molecule has 3 heteroatoms. The van der Waals surface area contributed by atoms with Gasteiger partial charge in [0, 0.05) is 12.5 Å². The second kappa shape index (κ2) is 8.16. The maximum atomic E-state index is 6.13. The van der Waals surface area contributed by atoms with Crippen molar-refractivity contribution in [1.29, 1.82) is 0 Å². The molecule has 0 radical (unpaired) electrons. The zero-order chi connectivity index (χ0) is 18.6. The number of ether oxygens (including phenoxy) is 1. The third-order valence-corrected chi connectivity index (χ3v) is 5.84. The third-order valence-electron chi connectivity index (χ3n) is 5.84. The van der Waals surface area contributed by atoms with Crippen LogP contribution < -0.4 is 4.74 Å². The molecule has 0 amide bonds. The molecule has 0 bridgehead atoms. The standard InChI is InChI=1S/C24H30N2O/c1-18-10-8-11-19(2)23(18)27-17-9-16-26-22-15-7-6-14-21(22)25-24(26)20-12-4-3-5-13-20/h6-8,10-11,14-15,20H,3-5,9,12-13,16-17H2,1-2H3. The van der Waals surface area contributed by atoms with Gasteiger partial charge in [-0.05, 0) is 56.4 Å². The number of imidazole rings is 1. The van der Waals surface area contributed by atoms with E-state index >= 15 is 0 Å². The highest BCUT2D eigenvalue weighted by Crippen LogP contribution is 2.34. The number of hydrogen-bond acceptors (Lipinski definition) is 2. The summed E-state index contributed by atoms with van der Waals surface area (Å²) < 4.78 is 8.59. The Morgan fingerprint density at radius 3 is 2.48 bits per heavy atom. The monoisotopic (exact) mass is 362 g/mol. The van der Waals surface area contributed by atoms with E-state index in [-0.39, 0.29) is 0 Å². The van der Waals surface area contributed by atoms with Crippen LogP contribution in [0.3, 0.4) is 0 Å². The lowest BCUT2D eigenvalue weighted by Crippen LogP contribution is -2.14. The fourth-order valence-electron chi connectivity index (χ4n) is 4.43. The van der Waals surface area contributed by atoms with E-state index in [0.29, 0.717) is 5.92 Å². The fraction of sp³-hybridized carbons (Fsp3) is 0.458. The summed E-state index contributed by atoms with van der Waals surface area (Å²) in [6.45, 7) is 5.94. The minimum Gasteiger partial charge on any atom is -0.493 e. The molecule has 1 aromatic heterocycles. The summed E-state index contributed by atoms with van der Waals surface area (Å²) in [7, 11) is 0. The lowest BCUT2D eigenvalue weighted by atomic mass is 9.88. The van der Waals surface area contributed by atoms with Gasteiger partial charge in [0.2, 0.25) is 0 Å². The van der Waals surface area contributed by atoms with Crippen LogP contribution in [-0.2, 0) is 6.54 Å². The zero-order valence-corrected chi connectivity index (χ0v) is 16.6. The molecule has 1 fully saturated rings. The molecule has 0 spiro atoms. The molecule has 0 N–H and O–H groups in total. The highest BCUT2D eigenvalue weighted by atomic mass is 16.5. The number of aryl methyl sites for hydroxylation is 3. The van der Waals surface area contributed by atoms with Crippen LogP contribution in [0.1, 0.15) is 61.4 Å². The quantitative estimate of drug-likeness (QED) is 0.490. The van der Waals surface area contributed by atoms with E-state index in [0.717, 1.165) is 30.8 Å². The van der Waals surface area contributed by atoms with Gasteiger partial charge in [-0.3, -0.25) is 0 Å². The summed E-state index contributed by atoms with van der Waals surface area (Å²) in [4.78, 5) is 5.02. The van der Waals surface area contributed by atoms with Gasteiger partial charge < -0.3 is 9.30 Å². The van der Waals surface area contributed by atoms with Crippen molar-refractivity contribution in [3.63, 3.8) is 0 Å². The van der Waals surface area contributed by atoms with E-state index in [4.69, 9.17) is 9.72 Å². The smallest absolute Gasteiger partial charge is 0.125 e. The Morgan fingerprint density at radius 1 is 0.963 bits per heavy atom. The average molecular weight is 363 g/mol. The molecule has 0 atom stereocenters. The van der Waals surface area contributed by atoms with E-state index in [1.165, 1.54) is 54.6 Å². The summed E-state index contributed by atoms with van der Waals surface area (Å²) >= 11 is 0. The minimum absolute atomic E-state index is 0.616. The minimum atomic E-state index is 0.616. The van der Waals surface area contributed by atoms with Gasteiger partial charge in [0.15, 0.2) is 0 Å². The molecule has 27 heavy (non-hydrogen) atoms. The molecule has 2 aromatic carbocycles. The number of hydrogen-bond donors (Lipinski definition) is 0. The molecule has 3 nitrogen and oxygen atoms in total. The van der Waals surface area contributed by atoms with Crippen molar-refractivity contribution in [3.8, 4) is 5.75 Å². The van der Waals surface area contributed by atoms with Gasteiger partial charge in [0.05, 0.1) is 17.6 Å². The highest BCUT2D eigenvalue weighted by Gasteiger charge is 2.22. The Hall–Kier alpha value is -2.29.